The summed E-state index contributed by atoms with van der Waals surface area (Å²) in [7, 11) is 2.97. The minimum absolute atomic E-state index is 0.178. The van der Waals surface area contributed by atoms with Crippen LogP contribution in [0.2, 0.25) is 0 Å². The fraction of sp³-hybridized carbons (Fsp3) is 0.188. The van der Waals surface area contributed by atoms with Gasteiger partial charge in [-0.2, -0.15) is 0 Å². The Morgan fingerprint density at radius 1 is 1.05 bits per heavy atom. The van der Waals surface area contributed by atoms with E-state index in [4.69, 9.17) is 0 Å². The molecule has 0 aliphatic carbocycles. The maximum absolute atomic E-state index is 12.0. The van der Waals surface area contributed by atoms with E-state index < -0.39 is 11.2 Å². The number of carbonyl (C=O) groups is 1. The van der Waals surface area contributed by atoms with Crippen molar-refractivity contribution in [1.29, 1.82) is 0 Å². The Bertz CT molecular complexity index is 824. The number of carbonyl (C=O) groups excluding carboxylic acids is 1. The molecule has 0 aliphatic rings. The van der Waals surface area contributed by atoms with E-state index in [9.17, 15) is 14.4 Å². The van der Waals surface area contributed by atoms with Crippen molar-refractivity contribution in [2.75, 3.05) is 0 Å². The van der Waals surface area contributed by atoms with Gasteiger partial charge in [0.1, 0.15) is 0 Å². The van der Waals surface area contributed by atoms with Gasteiger partial charge >= 0.3 is 5.69 Å². The van der Waals surface area contributed by atoms with Crippen LogP contribution in [-0.2, 0) is 14.1 Å². The van der Waals surface area contributed by atoms with Crippen molar-refractivity contribution in [3.63, 3.8) is 0 Å². The van der Waals surface area contributed by atoms with Gasteiger partial charge in [-0.25, -0.2) is 4.79 Å². The van der Waals surface area contributed by atoms with E-state index in [0.717, 1.165) is 10.1 Å². The van der Waals surface area contributed by atoms with Crippen molar-refractivity contribution in [2.45, 2.75) is 6.92 Å². The first-order valence-corrected chi connectivity index (χ1v) is 6.46. The van der Waals surface area contributed by atoms with Crippen molar-refractivity contribution in [2.24, 2.45) is 14.1 Å². The van der Waals surface area contributed by atoms with Gasteiger partial charge in [-0.1, -0.05) is 29.8 Å². The fourth-order valence-corrected chi connectivity index (χ4v) is 1.88. The lowest BCUT2D eigenvalue weighted by Gasteiger charge is -2.05. The van der Waals surface area contributed by atoms with Gasteiger partial charge in [-0.05, 0) is 19.1 Å². The van der Waals surface area contributed by atoms with E-state index in [0.29, 0.717) is 11.3 Å². The third kappa shape index (κ3) is 3.08. The lowest BCUT2D eigenvalue weighted by molar-refractivity contribution is 0.104. The lowest BCUT2D eigenvalue weighted by atomic mass is 10.1. The molecule has 2 rings (SSSR count). The summed E-state index contributed by atoms with van der Waals surface area (Å²) < 4.78 is 2.33. The second-order valence-corrected chi connectivity index (χ2v) is 4.87. The summed E-state index contributed by atoms with van der Waals surface area (Å²) in [5.74, 6) is -0.178. The molecule has 5 heteroatoms. The van der Waals surface area contributed by atoms with E-state index >= 15 is 0 Å². The molecule has 21 heavy (non-hydrogen) atoms. The minimum atomic E-state index is -0.426. The van der Waals surface area contributed by atoms with Crippen LogP contribution in [0.15, 0.2) is 46.0 Å². The summed E-state index contributed by atoms with van der Waals surface area (Å²) in [6.07, 6.45) is 2.84. The van der Waals surface area contributed by atoms with Crippen molar-refractivity contribution in [1.82, 2.24) is 9.13 Å². The SMILES string of the molecule is Cc1ccc(C(=O)/C=C/c2cc(=O)n(C)c(=O)n2C)cc1. The number of hydrogen-bond acceptors (Lipinski definition) is 3. The number of aromatic nitrogens is 2. The highest BCUT2D eigenvalue weighted by molar-refractivity contribution is 6.06. The average molecular weight is 284 g/mol. The van der Waals surface area contributed by atoms with E-state index in [1.54, 1.807) is 19.2 Å². The predicted molar refractivity (Wildman–Crippen MR) is 81.5 cm³/mol. The van der Waals surface area contributed by atoms with Crippen LogP contribution in [0.25, 0.3) is 6.08 Å². The van der Waals surface area contributed by atoms with Crippen LogP contribution in [0.5, 0.6) is 0 Å². The smallest absolute Gasteiger partial charge is 0.297 e. The van der Waals surface area contributed by atoms with E-state index in [2.05, 4.69) is 0 Å². The molecule has 5 nitrogen and oxygen atoms in total. The Balaban J connectivity index is 2.34. The van der Waals surface area contributed by atoms with Gasteiger partial charge in [-0.3, -0.25) is 18.7 Å². The molecule has 0 unspecified atom stereocenters. The van der Waals surface area contributed by atoms with Crippen LogP contribution in [0.3, 0.4) is 0 Å². The van der Waals surface area contributed by atoms with Crippen LogP contribution < -0.4 is 11.2 Å². The highest BCUT2D eigenvalue weighted by atomic mass is 16.2. The Hall–Kier alpha value is -2.69. The van der Waals surface area contributed by atoms with Crippen molar-refractivity contribution in [3.05, 3.63) is 74.1 Å². The summed E-state index contributed by atoms with van der Waals surface area (Å²) in [5, 5.41) is 0. The Kier molecular flexibility index (Phi) is 4.03. The van der Waals surface area contributed by atoms with E-state index in [1.165, 1.54) is 29.8 Å². The third-order valence-corrected chi connectivity index (χ3v) is 3.30. The van der Waals surface area contributed by atoms with Gasteiger partial charge in [0.2, 0.25) is 0 Å². The molecule has 1 aromatic heterocycles. The first-order valence-electron chi connectivity index (χ1n) is 6.46. The van der Waals surface area contributed by atoms with Crippen LogP contribution in [0.1, 0.15) is 21.6 Å². The van der Waals surface area contributed by atoms with E-state index in [-0.39, 0.29) is 5.78 Å². The highest BCUT2D eigenvalue weighted by Crippen LogP contribution is 2.06. The van der Waals surface area contributed by atoms with Gasteiger partial charge < -0.3 is 0 Å². The van der Waals surface area contributed by atoms with Gasteiger partial charge in [0, 0.05) is 25.7 Å². The molecule has 0 N–H and O–H groups in total. The number of nitrogens with zero attached hydrogens (tertiary/aromatic N) is 2. The average Bonchev–Trinajstić information content (AvgIpc) is 2.48. The van der Waals surface area contributed by atoms with Crippen molar-refractivity contribution >= 4 is 11.9 Å². The molecule has 0 radical (unpaired) electrons. The Labute approximate surface area is 121 Å². The van der Waals surface area contributed by atoms with Gasteiger partial charge in [0.25, 0.3) is 5.56 Å². The highest BCUT2D eigenvalue weighted by Gasteiger charge is 2.05. The molecule has 1 heterocycles. The number of rotatable bonds is 3. The van der Waals surface area contributed by atoms with E-state index in [1.807, 2.05) is 19.1 Å². The largest absolute Gasteiger partial charge is 0.330 e. The molecule has 0 spiro atoms. The molecule has 0 fully saturated rings. The summed E-state index contributed by atoms with van der Waals surface area (Å²) >= 11 is 0. The normalized spacial score (nSPS) is 11.0. The number of benzene rings is 1. The zero-order valence-corrected chi connectivity index (χ0v) is 12.2. The number of allylic oxidation sites excluding steroid dienone is 1. The molecular weight excluding hydrogens is 268 g/mol. The lowest BCUT2D eigenvalue weighted by Crippen LogP contribution is -2.37. The maximum Gasteiger partial charge on any atom is 0.330 e. The predicted octanol–water partition coefficient (Wildman–Crippen LogP) is 1.29. The maximum atomic E-state index is 12.0. The molecule has 0 amide bonds. The van der Waals surface area contributed by atoms with Crippen molar-refractivity contribution < 1.29 is 4.79 Å². The zero-order chi connectivity index (χ0) is 15.6. The minimum Gasteiger partial charge on any atom is -0.297 e. The molecule has 0 aliphatic heterocycles. The summed E-state index contributed by atoms with van der Waals surface area (Å²) in [6.45, 7) is 1.94. The topological polar surface area (TPSA) is 61.1 Å². The van der Waals surface area contributed by atoms with Crippen LogP contribution in [0, 0.1) is 6.92 Å². The standard InChI is InChI=1S/C16H16N2O3/c1-11-4-6-12(7-5-11)14(19)9-8-13-10-15(20)18(3)16(21)17(13)2/h4-10H,1-3H3/b9-8+. The van der Waals surface area contributed by atoms with Crippen LogP contribution in [-0.4, -0.2) is 14.9 Å². The van der Waals surface area contributed by atoms with Crippen LogP contribution in [0.4, 0.5) is 0 Å². The molecule has 2 aromatic rings. The number of aryl methyl sites for hydroxylation is 1. The molecular formula is C16H16N2O3. The summed E-state index contributed by atoms with van der Waals surface area (Å²) in [4.78, 5) is 35.4. The second kappa shape index (κ2) is 5.75. The molecule has 0 bridgehead atoms. The Morgan fingerprint density at radius 2 is 1.67 bits per heavy atom. The van der Waals surface area contributed by atoms with Crippen molar-refractivity contribution in [3.8, 4) is 0 Å². The molecule has 0 saturated carbocycles. The summed E-state index contributed by atoms with van der Waals surface area (Å²) in [5.41, 5.74) is 1.20. The van der Waals surface area contributed by atoms with Gasteiger partial charge in [-0.15, -0.1) is 0 Å². The zero-order valence-electron chi connectivity index (χ0n) is 12.2. The summed E-state index contributed by atoms with van der Waals surface area (Å²) in [6, 6.07) is 8.51. The molecule has 1 aromatic carbocycles. The quantitative estimate of drug-likeness (QED) is 0.630. The first kappa shape index (κ1) is 14.7. The number of hydrogen-bond donors (Lipinski definition) is 0. The first-order chi connectivity index (χ1) is 9.90. The molecule has 0 atom stereocenters. The monoisotopic (exact) mass is 284 g/mol. The second-order valence-electron chi connectivity index (χ2n) is 4.87. The third-order valence-electron chi connectivity index (χ3n) is 3.30. The van der Waals surface area contributed by atoms with Gasteiger partial charge in [0.15, 0.2) is 5.78 Å². The van der Waals surface area contributed by atoms with Gasteiger partial charge in [0.05, 0.1) is 5.69 Å². The molecule has 108 valence electrons. The number of ketones is 1. The Morgan fingerprint density at radius 3 is 2.29 bits per heavy atom. The fourth-order valence-electron chi connectivity index (χ4n) is 1.88. The van der Waals surface area contributed by atoms with Crippen LogP contribution >= 0.6 is 0 Å². The molecule has 0 saturated heterocycles.